The number of aryl methyl sites for hydroxylation is 2. The van der Waals surface area contributed by atoms with Gasteiger partial charge in [-0.1, -0.05) is 17.7 Å². The quantitative estimate of drug-likeness (QED) is 0.832. The maximum atomic E-state index is 13.0. The molecule has 1 saturated heterocycles. The molecule has 27 heavy (non-hydrogen) atoms. The van der Waals surface area contributed by atoms with E-state index in [0.717, 1.165) is 22.5 Å². The maximum Gasteiger partial charge on any atom is 0.255 e. The Kier molecular flexibility index (Phi) is 5.40. The summed E-state index contributed by atoms with van der Waals surface area (Å²) in [5.41, 5.74) is 4.76. The van der Waals surface area contributed by atoms with Gasteiger partial charge < -0.3 is 14.4 Å². The number of amides is 2. The predicted molar refractivity (Wildman–Crippen MR) is 107 cm³/mol. The van der Waals surface area contributed by atoms with E-state index in [1.165, 1.54) is 0 Å². The Morgan fingerprint density at radius 2 is 1.37 bits per heavy atom. The fourth-order valence-corrected chi connectivity index (χ4v) is 3.95. The van der Waals surface area contributed by atoms with Crippen LogP contribution < -0.4 is 0 Å². The molecule has 0 aliphatic carbocycles. The molecular weight excluding hydrogens is 338 g/mol. The molecule has 5 nitrogen and oxygen atoms in total. The van der Waals surface area contributed by atoms with E-state index >= 15 is 0 Å². The second-order valence-corrected chi connectivity index (χ2v) is 7.70. The Balaban J connectivity index is 1.67. The number of aromatic nitrogens is 1. The number of piperazine rings is 1. The second-order valence-electron chi connectivity index (χ2n) is 7.70. The van der Waals surface area contributed by atoms with Gasteiger partial charge in [0.2, 0.25) is 0 Å². The van der Waals surface area contributed by atoms with Gasteiger partial charge in [-0.15, -0.1) is 0 Å². The molecule has 2 amide bonds. The molecule has 1 aromatic carbocycles. The summed E-state index contributed by atoms with van der Waals surface area (Å²) in [6.07, 6.45) is 0. The highest BCUT2D eigenvalue weighted by Crippen LogP contribution is 2.22. The minimum atomic E-state index is 0.0417. The van der Waals surface area contributed by atoms with Gasteiger partial charge in [-0.2, -0.15) is 0 Å². The Morgan fingerprint density at radius 1 is 0.852 bits per heavy atom. The standard InChI is InChI=1S/C22H29N3O2/c1-15(2)25-17(4)14-20(18(25)5)22(27)24-12-10-23(11-13-24)21(26)19-8-6-16(3)7-9-19/h6-9,14-15H,10-13H2,1-5H3. The van der Waals surface area contributed by atoms with E-state index < -0.39 is 0 Å². The lowest BCUT2D eigenvalue weighted by Crippen LogP contribution is -2.50. The normalized spacial score (nSPS) is 14.7. The maximum absolute atomic E-state index is 13.0. The van der Waals surface area contributed by atoms with Crippen molar-refractivity contribution < 1.29 is 9.59 Å². The molecule has 5 heteroatoms. The van der Waals surface area contributed by atoms with Crippen LogP contribution in [-0.2, 0) is 0 Å². The van der Waals surface area contributed by atoms with Crippen molar-refractivity contribution in [3.05, 3.63) is 58.4 Å². The summed E-state index contributed by atoms with van der Waals surface area (Å²) >= 11 is 0. The first kappa shape index (κ1) is 19.2. The molecule has 2 aromatic rings. The summed E-state index contributed by atoms with van der Waals surface area (Å²) in [7, 11) is 0. The van der Waals surface area contributed by atoms with E-state index in [-0.39, 0.29) is 11.8 Å². The van der Waals surface area contributed by atoms with Crippen molar-refractivity contribution in [2.45, 2.75) is 40.7 Å². The van der Waals surface area contributed by atoms with E-state index in [1.54, 1.807) is 0 Å². The summed E-state index contributed by atoms with van der Waals surface area (Å²) in [5.74, 6) is 0.109. The van der Waals surface area contributed by atoms with Crippen molar-refractivity contribution in [2.75, 3.05) is 26.2 Å². The molecule has 0 radical (unpaired) electrons. The fourth-order valence-electron chi connectivity index (χ4n) is 3.95. The van der Waals surface area contributed by atoms with Gasteiger partial charge in [0, 0.05) is 49.2 Å². The van der Waals surface area contributed by atoms with Gasteiger partial charge in [-0.25, -0.2) is 0 Å². The van der Waals surface area contributed by atoms with Crippen LogP contribution in [0, 0.1) is 20.8 Å². The van der Waals surface area contributed by atoms with Crippen LogP contribution in [0.25, 0.3) is 0 Å². The Morgan fingerprint density at radius 3 is 1.85 bits per heavy atom. The van der Waals surface area contributed by atoms with Crippen LogP contribution in [0.2, 0.25) is 0 Å². The Bertz CT molecular complexity index is 841. The van der Waals surface area contributed by atoms with Gasteiger partial charge in [0.15, 0.2) is 0 Å². The molecule has 0 N–H and O–H groups in total. The summed E-state index contributed by atoms with van der Waals surface area (Å²) in [6, 6.07) is 9.97. The van der Waals surface area contributed by atoms with Gasteiger partial charge in [0.1, 0.15) is 0 Å². The van der Waals surface area contributed by atoms with E-state index in [4.69, 9.17) is 0 Å². The van der Waals surface area contributed by atoms with Gasteiger partial charge in [0.05, 0.1) is 5.56 Å². The van der Waals surface area contributed by atoms with Crippen LogP contribution in [0.3, 0.4) is 0 Å². The lowest BCUT2D eigenvalue weighted by molar-refractivity contribution is 0.0535. The molecule has 1 aliphatic rings. The van der Waals surface area contributed by atoms with Gasteiger partial charge in [0.25, 0.3) is 11.8 Å². The molecule has 1 fully saturated rings. The zero-order valence-corrected chi connectivity index (χ0v) is 17.0. The number of nitrogens with zero attached hydrogens (tertiary/aromatic N) is 3. The van der Waals surface area contributed by atoms with Crippen molar-refractivity contribution in [1.82, 2.24) is 14.4 Å². The largest absolute Gasteiger partial charge is 0.346 e. The van der Waals surface area contributed by atoms with E-state index in [9.17, 15) is 9.59 Å². The molecular formula is C22H29N3O2. The number of rotatable bonds is 3. The number of benzene rings is 1. The molecule has 1 aromatic heterocycles. The summed E-state index contributed by atoms with van der Waals surface area (Å²) in [6.45, 7) is 12.6. The van der Waals surface area contributed by atoms with Crippen molar-refractivity contribution in [3.63, 3.8) is 0 Å². The van der Waals surface area contributed by atoms with E-state index in [1.807, 2.05) is 60.9 Å². The highest BCUT2D eigenvalue weighted by molar-refractivity contribution is 5.97. The average Bonchev–Trinajstić information content (AvgIpc) is 2.95. The first-order valence-corrected chi connectivity index (χ1v) is 9.63. The third-order valence-electron chi connectivity index (χ3n) is 5.38. The van der Waals surface area contributed by atoms with Crippen LogP contribution in [-0.4, -0.2) is 52.4 Å². The molecule has 144 valence electrons. The summed E-state index contributed by atoms with van der Waals surface area (Å²) in [4.78, 5) is 29.4. The van der Waals surface area contributed by atoms with Crippen molar-refractivity contribution >= 4 is 11.8 Å². The van der Waals surface area contributed by atoms with E-state index in [2.05, 4.69) is 18.4 Å². The Labute approximate surface area is 161 Å². The molecule has 2 heterocycles. The average molecular weight is 367 g/mol. The SMILES string of the molecule is Cc1ccc(C(=O)N2CCN(C(=O)c3cc(C)n(C(C)C)c3C)CC2)cc1. The van der Waals surface area contributed by atoms with E-state index in [0.29, 0.717) is 37.8 Å². The first-order chi connectivity index (χ1) is 12.8. The van der Waals surface area contributed by atoms with Crippen LogP contribution in [0.4, 0.5) is 0 Å². The molecule has 0 spiro atoms. The van der Waals surface area contributed by atoms with Crippen LogP contribution in [0.5, 0.6) is 0 Å². The first-order valence-electron chi connectivity index (χ1n) is 9.63. The smallest absolute Gasteiger partial charge is 0.255 e. The third kappa shape index (κ3) is 3.77. The molecule has 0 unspecified atom stereocenters. The topological polar surface area (TPSA) is 45.6 Å². The number of hydrogen-bond acceptors (Lipinski definition) is 2. The minimum absolute atomic E-state index is 0.0417. The fraction of sp³-hybridized carbons (Fsp3) is 0.455. The zero-order valence-electron chi connectivity index (χ0n) is 17.0. The number of hydrogen-bond donors (Lipinski definition) is 0. The summed E-state index contributed by atoms with van der Waals surface area (Å²) < 4.78 is 2.20. The zero-order chi connectivity index (χ0) is 19.7. The lowest BCUT2D eigenvalue weighted by Gasteiger charge is -2.35. The highest BCUT2D eigenvalue weighted by Gasteiger charge is 2.27. The highest BCUT2D eigenvalue weighted by atomic mass is 16.2. The third-order valence-corrected chi connectivity index (χ3v) is 5.38. The van der Waals surface area contributed by atoms with Gasteiger partial charge in [-0.05, 0) is 52.8 Å². The monoisotopic (exact) mass is 367 g/mol. The predicted octanol–water partition coefficient (Wildman–Crippen LogP) is 3.59. The summed E-state index contributed by atoms with van der Waals surface area (Å²) in [5, 5.41) is 0. The molecule has 0 saturated carbocycles. The molecule has 1 aliphatic heterocycles. The van der Waals surface area contributed by atoms with Crippen molar-refractivity contribution in [2.24, 2.45) is 0 Å². The minimum Gasteiger partial charge on any atom is -0.346 e. The molecule has 0 atom stereocenters. The molecule has 3 rings (SSSR count). The van der Waals surface area contributed by atoms with Crippen LogP contribution in [0.15, 0.2) is 30.3 Å². The van der Waals surface area contributed by atoms with Gasteiger partial charge >= 0.3 is 0 Å². The number of carbonyl (C=O) groups excluding carboxylic acids is 2. The van der Waals surface area contributed by atoms with Gasteiger partial charge in [-0.3, -0.25) is 9.59 Å². The van der Waals surface area contributed by atoms with Crippen molar-refractivity contribution in [1.29, 1.82) is 0 Å². The molecule has 0 bridgehead atoms. The number of carbonyl (C=O) groups is 2. The lowest BCUT2D eigenvalue weighted by atomic mass is 10.1. The second kappa shape index (κ2) is 7.59. The van der Waals surface area contributed by atoms with Crippen LogP contribution in [0.1, 0.15) is 57.6 Å². The van der Waals surface area contributed by atoms with Crippen molar-refractivity contribution in [3.8, 4) is 0 Å². The Hall–Kier alpha value is -2.56. The van der Waals surface area contributed by atoms with Crippen LogP contribution >= 0.6 is 0 Å².